The van der Waals surface area contributed by atoms with E-state index in [0.29, 0.717) is 0 Å². The Balaban J connectivity index is 6.25. The summed E-state index contributed by atoms with van der Waals surface area (Å²) in [5.41, 5.74) is 0. The van der Waals surface area contributed by atoms with Crippen LogP contribution in [0.15, 0.2) is 0 Å². The molecule has 0 radical (unpaired) electrons. The van der Waals surface area contributed by atoms with Gasteiger partial charge in [-0.05, 0) is 0 Å². The number of hydrogen-bond acceptors (Lipinski definition) is 4. The molecule has 0 bridgehead atoms. The second-order valence-corrected chi connectivity index (χ2v) is 3.84. The molecule has 25 heavy (non-hydrogen) atoms. The van der Waals surface area contributed by atoms with Gasteiger partial charge in [0.05, 0.1) is 7.11 Å². The quantitative estimate of drug-likeness (QED) is 0.512. The zero-order valence-electron chi connectivity index (χ0n) is 11.0. The maximum atomic E-state index is 13.4. The fourth-order valence-electron chi connectivity index (χ4n) is 1.03. The van der Waals surface area contributed by atoms with Crippen molar-refractivity contribution in [3.63, 3.8) is 0 Å². The summed E-state index contributed by atoms with van der Waals surface area (Å²) in [6.07, 6.45) is -28.5. The first kappa shape index (κ1) is 23.5. The summed E-state index contributed by atoms with van der Waals surface area (Å²) in [5, 5.41) is 0. The summed E-state index contributed by atoms with van der Waals surface area (Å²) >= 11 is 0. The number of esters is 1. The lowest BCUT2D eigenvalue weighted by Gasteiger charge is -2.37. The van der Waals surface area contributed by atoms with Crippen LogP contribution in [0.4, 0.5) is 57.1 Å². The number of carbonyl (C=O) groups is 1. The van der Waals surface area contributed by atoms with Crippen LogP contribution in [0, 0.1) is 0 Å². The van der Waals surface area contributed by atoms with Crippen molar-refractivity contribution in [3.8, 4) is 0 Å². The van der Waals surface area contributed by atoms with E-state index in [-0.39, 0.29) is 7.11 Å². The minimum absolute atomic E-state index is 0.0808. The first-order valence-corrected chi connectivity index (χ1v) is 5.09. The fourth-order valence-corrected chi connectivity index (χ4v) is 1.03. The Morgan fingerprint density at radius 1 is 0.680 bits per heavy atom. The van der Waals surface area contributed by atoms with Crippen molar-refractivity contribution in [2.75, 3.05) is 7.11 Å². The van der Waals surface area contributed by atoms with Crippen LogP contribution in [0.1, 0.15) is 0 Å². The molecule has 0 aliphatic rings. The largest absolute Gasteiger partial charge is 0.525 e. The Labute approximate surface area is 127 Å². The molecule has 0 aromatic rings. The fraction of sp³-hybridized carbons (Fsp3) is 0.875. The van der Waals surface area contributed by atoms with Gasteiger partial charge in [-0.15, -0.1) is 13.2 Å². The Bertz CT molecular complexity index is 494. The lowest BCUT2D eigenvalue weighted by atomic mass is 10.2. The third kappa shape index (κ3) is 4.56. The molecule has 150 valence electrons. The third-order valence-electron chi connectivity index (χ3n) is 2.08. The van der Waals surface area contributed by atoms with Gasteiger partial charge < -0.3 is 4.74 Å². The lowest BCUT2D eigenvalue weighted by molar-refractivity contribution is -0.539. The van der Waals surface area contributed by atoms with Crippen molar-refractivity contribution in [3.05, 3.63) is 0 Å². The van der Waals surface area contributed by atoms with Crippen LogP contribution in [0.5, 0.6) is 0 Å². The summed E-state index contributed by atoms with van der Waals surface area (Å²) in [5.74, 6) is -17.3. The summed E-state index contributed by atoms with van der Waals surface area (Å²) in [4.78, 5) is 10.6. The number of halogens is 13. The van der Waals surface area contributed by atoms with E-state index in [9.17, 15) is 61.9 Å². The van der Waals surface area contributed by atoms with E-state index in [2.05, 4.69) is 4.74 Å². The summed E-state index contributed by atoms with van der Waals surface area (Å²) in [7, 11) is -0.0808. The maximum absolute atomic E-state index is 13.4. The Morgan fingerprint density at radius 3 is 1.32 bits per heavy atom. The van der Waals surface area contributed by atoms with Crippen LogP contribution in [-0.2, 0) is 19.0 Å². The van der Waals surface area contributed by atoms with Gasteiger partial charge in [-0.3, -0.25) is 4.74 Å². The zero-order valence-corrected chi connectivity index (χ0v) is 11.0. The first-order valence-electron chi connectivity index (χ1n) is 5.09. The van der Waals surface area contributed by atoms with Gasteiger partial charge in [0.25, 0.3) is 0 Å². The molecule has 0 fully saturated rings. The van der Waals surface area contributed by atoms with E-state index < -0.39 is 42.5 Å². The van der Waals surface area contributed by atoms with Gasteiger partial charge in [-0.1, -0.05) is 0 Å². The Hall–Kier alpha value is -1.52. The number of hydrogen-bond donors (Lipinski definition) is 0. The van der Waals surface area contributed by atoms with E-state index in [0.717, 1.165) is 0 Å². The van der Waals surface area contributed by atoms with Crippen molar-refractivity contribution in [1.29, 1.82) is 0 Å². The maximum Gasteiger partial charge on any atom is 0.525 e. The van der Waals surface area contributed by atoms with Gasteiger partial charge in [0, 0.05) is 0 Å². The molecule has 0 spiro atoms. The first-order chi connectivity index (χ1) is 10.6. The van der Waals surface area contributed by atoms with Crippen LogP contribution in [0.25, 0.3) is 0 Å². The molecule has 2 unspecified atom stereocenters. The van der Waals surface area contributed by atoms with Crippen LogP contribution in [0.2, 0.25) is 0 Å². The van der Waals surface area contributed by atoms with Crippen molar-refractivity contribution in [2.24, 2.45) is 0 Å². The molecule has 0 N–H and O–H groups in total. The monoisotopic (exact) mass is 410 g/mol. The highest BCUT2D eigenvalue weighted by Crippen LogP contribution is 2.52. The minimum atomic E-state index is -7.39. The second-order valence-electron chi connectivity index (χ2n) is 3.84. The van der Waals surface area contributed by atoms with Crippen LogP contribution >= 0.6 is 0 Å². The Morgan fingerprint density at radius 2 is 1.08 bits per heavy atom. The summed E-state index contributed by atoms with van der Waals surface area (Å²) < 4.78 is 168. The predicted octanol–water partition coefficient (Wildman–Crippen LogP) is 3.76. The highest BCUT2D eigenvalue weighted by molar-refractivity contribution is 5.78. The Kier molecular flexibility index (Phi) is 5.94. The summed E-state index contributed by atoms with van der Waals surface area (Å²) in [6, 6.07) is 0. The normalized spacial score (nSPS) is 19.1. The van der Waals surface area contributed by atoms with Gasteiger partial charge in [0.2, 0.25) is 0 Å². The van der Waals surface area contributed by atoms with E-state index in [4.69, 9.17) is 0 Å². The van der Waals surface area contributed by atoms with Gasteiger partial charge in [0.1, 0.15) is 0 Å². The van der Waals surface area contributed by atoms with Crippen molar-refractivity contribution in [2.45, 2.75) is 36.5 Å². The molecule has 0 aliphatic carbocycles. The molecule has 0 aromatic carbocycles. The smallest absolute Gasteiger partial charge is 0.465 e. The highest BCUT2D eigenvalue weighted by Gasteiger charge is 2.82. The molecule has 4 nitrogen and oxygen atoms in total. The van der Waals surface area contributed by atoms with Crippen molar-refractivity contribution < 1.29 is 76.1 Å². The number of carbonyl (C=O) groups excluding carboxylic acids is 1. The molecule has 17 heteroatoms. The SMILES string of the molecule is COC(=O)C(F)(OC(F)(F)C(F)(OC(F)(F)F)C(F)(F)F)C(F)(F)F. The predicted molar refractivity (Wildman–Crippen MR) is 45.0 cm³/mol. The van der Waals surface area contributed by atoms with Gasteiger partial charge >= 0.3 is 42.5 Å². The zero-order chi connectivity index (χ0) is 20.7. The van der Waals surface area contributed by atoms with Crippen molar-refractivity contribution >= 4 is 5.97 Å². The van der Waals surface area contributed by atoms with Crippen molar-refractivity contribution in [1.82, 2.24) is 0 Å². The number of methoxy groups -OCH3 is 1. The molecule has 0 amide bonds. The minimum Gasteiger partial charge on any atom is -0.465 e. The average Bonchev–Trinajstić information content (AvgIpc) is 2.31. The van der Waals surface area contributed by atoms with E-state index in [1.165, 1.54) is 4.74 Å². The highest BCUT2D eigenvalue weighted by atomic mass is 19.4. The topological polar surface area (TPSA) is 44.8 Å². The molecule has 0 aliphatic heterocycles. The molecular formula is C8H3F13O4. The molecule has 0 aromatic heterocycles. The van der Waals surface area contributed by atoms with E-state index in [1.807, 2.05) is 4.74 Å². The van der Waals surface area contributed by atoms with Crippen LogP contribution in [-0.4, -0.2) is 49.6 Å². The molecule has 0 saturated carbocycles. The number of rotatable bonds is 5. The van der Waals surface area contributed by atoms with Crippen LogP contribution in [0.3, 0.4) is 0 Å². The molecule has 0 saturated heterocycles. The average molecular weight is 410 g/mol. The van der Waals surface area contributed by atoms with E-state index in [1.54, 1.807) is 0 Å². The van der Waals surface area contributed by atoms with Gasteiger partial charge in [-0.25, -0.2) is 9.53 Å². The van der Waals surface area contributed by atoms with Gasteiger partial charge in [0.15, 0.2) is 0 Å². The second kappa shape index (κ2) is 6.33. The number of alkyl halides is 13. The van der Waals surface area contributed by atoms with Gasteiger partial charge in [-0.2, -0.15) is 43.9 Å². The standard InChI is InChI=1S/C8H3F13O4/c1-23-2(22)3(9,5(11,12)13)24-7(17,18)4(10,6(14,15)16)25-8(19,20)21/h1H3. The molecule has 0 rings (SSSR count). The third-order valence-corrected chi connectivity index (χ3v) is 2.08. The van der Waals surface area contributed by atoms with Crippen LogP contribution < -0.4 is 0 Å². The molecule has 0 heterocycles. The van der Waals surface area contributed by atoms with E-state index >= 15 is 0 Å². The summed E-state index contributed by atoms with van der Waals surface area (Å²) in [6.45, 7) is 0. The number of ether oxygens (including phenoxy) is 3. The lowest BCUT2D eigenvalue weighted by Crippen LogP contribution is -2.65. The molecule has 2 atom stereocenters. The molecular weight excluding hydrogens is 407 g/mol.